The Bertz CT molecular complexity index is 1070. The molecule has 0 fully saturated rings. The first kappa shape index (κ1) is 15.6. The largest absolute Gasteiger partial charge is 0.269 e. The van der Waals surface area contributed by atoms with Gasteiger partial charge in [0.05, 0.1) is 16.0 Å². The van der Waals surface area contributed by atoms with Crippen molar-refractivity contribution in [3.63, 3.8) is 0 Å². The summed E-state index contributed by atoms with van der Waals surface area (Å²) >= 11 is 1.63. The number of para-hydroxylation sites is 2. The summed E-state index contributed by atoms with van der Waals surface area (Å²) in [7, 11) is 0. The molecule has 1 aromatic heterocycles. The van der Waals surface area contributed by atoms with Gasteiger partial charge >= 0.3 is 0 Å². The first-order chi connectivity index (χ1) is 12.1. The normalized spacial score (nSPS) is 11.1. The van der Waals surface area contributed by atoms with Crippen LogP contribution in [0.4, 0.5) is 5.69 Å². The number of nitro groups is 1. The highest BCUT2D eigenvalue weighted by Crippen LogP contribution is 2.40. The summed E-state index contributed by atoms with van der Waals surface area (Å²) in [6.45, 7) is 1.90. The second-order valence-corrected chi connectivity index (χ2v) is 6.84. The number of fused-ring (bicyclic) bond motifs is 2. The van der Waals surface area contributed by atoms with E-state index >= 15 is 0 Å². The van der Waals surface area contributed by atoms with E-state index in [1.807, 2.05) is 49.4 Å². The second-order valence-electron chi connectivity index (χ2n) is 5.78. The van der Waals surface area contributed by atoms with Gasteiger partial charge in [-0.1, -0.05) is 48.2 Å². The number of aryl methyl sites for hydroxylation is 1. The smallest absolute Gasteiger partial charge is 0.258 e. The maximum absolute atomic E-state index is 11.0. The van der Waals surface area contributed by atoms with Crippen molar-refractivity contribution >= 4 is 39.3 Å². The van der Waals surface area contributed by atoms with Crippen LogP contribution in [0.5, 0.6) is 0 Å². The summed E-state index contributed by atoms with van der Waals surface area (Å²) in [5, 5.41) is 13.1. The number of non-ortho nitro benzene ring substituents is 1. The molecule has 25 heavy (non-hydrogen) atoms. The van der Waals surface area contributed by atoms with Gasteiger partial charge in [-0.25, -0.2) is 4.98 Å². The highest BCUT2D eigenvalue weighted by atomic mass is 32.2. The van der Waals surface area contributed by atoms with Gasteiger partial charge in [0.15, 0.2) is 0 Å². The quantitative estimate of drug-likeness (QED) is 0.269. The van der Waals surface area contributed by atoms with E-state index in [0.717, 1.165) is 37.2 Å². The van der Waals surface area contributed by atoms with Gasteiger partial charge in [0.25, 0.3) is 5.69 Å². The minimum Gasteiger partial charge on any atom is -0.258 e. The fourth-order valence-electron chi connectivity index (χ4n) is 2.88. The molecule has 0 bridgehead atoms. The third-order valence-corrected chi connectivity index (χ3v) is 5.44. The van der Waals surface area contributed by atoms with Gasteiger partial charge in [-0.15, -0.1) is 0 Å². The second kappa shape index (κ2) is 6.18. The molecule has 4 nitrogen and oxygen atoms in total. The summed E-state index contributed by atoms with van der Waals surface area (Å²) < 4.78 is 0. The van der Waals surface area contributed by atoms with E-state index < -0.39 is 0 Å². The van der Waals surface area contributed by atoms with Crippen molar-refractivity contribution in [2.24, 2.45) is 0 Å². The van der Waals surface area contributed by atoms with Crippen molar-refractivity contribution in [2.75, 3.05) is 0 Å². The van der Waals surface area contributed by atoms with Crippen LogP contribution in [-0.2, 0) is 0 Å². The molecular weight excluding hydrogens is 332 g/mol. The maximum atomic E-state index is 11.0. The van der Waals surface area contributed by atoms with Crippen molar-refractivity contribution in [1.29, 1.82) is 0 Å². The molecule has 0 atom stereocenters. The summed E-state index contributed by atoms with van der Waals surface area (Å²) in [4.78, 5) is 17.5. The number of nitro benzene ring substituents is 1. The Morgan fingerprint density at radius 2 is 1.52 bits per heavy atom. The Morgan fingerprint density at radius 1 is 0.920 bits per heavy atom. The summed E-state index contributed by atoms with van der Waals surface area (Å²) in [5.74, 6) is 0. The van der Waals surface area contributed by atoms with E-state index in [1.165, 1.54) is 0 Å². The lowest BCUT2D eigenvalue weighted by Gasteiger charge is -2.12. The van der Waals surface area contributed by atoms with Crippen LogP contribution in [0, 0.1) is 17.0 Å². The molecule has 4 rings (SSSR count). The highest BCUT2D eigenvalue weighted by molar-refractivity contribution is 7.99. The molecule has 0 amide bonds. The zero-order valence-electron chi connectivity index (χ0n) is 13.5. The van der Waals surface area contributed by atoms with E-state index in [-0.39, 0.29) is 10.6 Å². The number of hydrogen-bond donors (Lipinski definition) is 0. The van der Waals surface area contributed by atoms with E-state index in [9.17, 15) is 10.1 Å². The molecule has 0 aliphatic rings. The molecule has 0 spiro atoms. The van der Waals surface area contributed by atoms with Crippen LogP contribution < -0.4 is 0 Å². The third-order valence-electron chi connectivity index (χ3n) is 4.12. The van der Waals surface area contributed by atoms with E-state index in [4.69, 9.17) is 4.98 Å². The zero-order valence-corrected chi connectivity index (χ0v) is 14.3. The fraction of sp³-hybridized carbons (Fsp3) is 0.0500. The van der Waals surface area contributed by atoms with Gasteiger partial charge in [-0.3, -0.25) is 10.1 Å². The van der Waals surface area contributed by atoms with Crippen molar-refractivity contribution in [3.05, 3.63) is 82.4 Å². The molecule has 3 aromatic carbocycles. The van der Waals surface area contributed by atoms with Crippen molar-refractivity contribution < 1.29 is 4.92 Å². The average molecular weight is 346 g/mol. The third kappa shape index (κ3) is 2.83. The lowest BCUT2D eigenvalue weighted by atomic mass is 10.1. The molecule has 0 aliphatic carbocycles. The number of benzene rings is 3. The lowest BCUT2D eigenvalue weighted by Crippen LogP contribution is -1.91. The number of pyridine rings is 1. The van der Waals surface area contributed by atoms with Crippen LogP contribution in [0.1, 0.15) is 5.56 Å². The average Bonchev–Trinajstić information content (AvgIpc) is 2.62. The summed E-state index contributed by atoms with van der Waals surface area (Å²) in [6, 6.07) is 21.1. The van der Waals surface area contributed by atoms with Crippen LogP contribution >= 0.6 is 11.8 Å². The SMILES string of the molecule is Cc1cc([N+](=O)[O-])ccc1Sc1c2ccccc2nc2ccccc12. The number of rotatable bonds is 3. The Kier molecular flexibility index (Phi) is 3.86. The molecule has 0 saturated heterocycles. The Hall–Kier alpha value is -2.92. The Balaban J connectivity index is 1.92. The van der Waals surface area contributed by atoms with Gasteiger partial charge in [-0.05, 0) is 30.7 Å². The number of hydrogen-bond acceptors (Lipinski definition) is 4. The topological polar surface area (TPSA) is 56.0 Å². The summed E-state index contributed by atoms with van der Waals surface area (Å²) in [6.07, 6.45) is 0. The number of aromatic nitrogens is 1. The lowest BCUT2D eigenvalue weighted by molar-refractivity contribution is -0.385. The highest BCUT2D eigenvalue weighted by Gasteiger charge is 2.13. The predicted molar refractivity (Wildman–Crippen MR) is 101 cm³/mol. The minimum absolute atomic E-state index is 0.117. The van der Waals surface area contributed by atoms with E-state index in [0.29, 0.717) is 0 Å². The van der Waals surface area contributed by atoms with Crippen LogP contribution in [0.15, 0.2) is 76.5 Å². The standard InChI is InChI=1S/C20H14N2O2S/c1-13-12-14(22(23)24)10-11-19(13)25-20-15-6-2-4-8-17(15)21-18-9-5-3-7-16(18)20/h2-12H,1H3. The first-order valence-electron chi connectivity index (χ1n) is 7.84. The Labute approximate surface area is 148 Å². The van der Waals surface area contributed by atoms with Crippen molar-refractivity contribution in [2.45, 2.75) is 16.7 Å². The van der Waals surface area contributed by atoms with E-state index in [2.05, 4.69) is 12.1 Å². The van der Waals surface area contributed by atoms with Gasteiger partial charge in [0.1, 0.15) is 0 Å². The van der Waals surface area contributed by atoms with Crippen molar-refractivity contribution in [3.8, 4) is 0 Å². The molecule has 5 heteroatoms. The molecule has 0 radical (unpaired) electrons. The molecule has 0 aliphatic heterocycles. The maximum Gasteiger partial charge on any atom is 0.269 e. The van der Waals surface area contributed by atoms with Gasteiger partial charge in [-0.2, -0.15) is 0 Å². The van der Waals surface area contributed by atoms with Gasteiger partial charge in [0, 0.05) is 32.7 Å². The monoisotopic (exact) mass is 346 g/mol. The first-order valence-corrected chi connectivity index (χ1v) is 8.65. The van der Waals surface area contributed by atoms with E-state index in [1.54, 1.807) is 23.9 Å². The molecule has 1 heterocycles. The molecule has 0 unspecified atom stereocenters. The molecule has 4 aromatic rings. The molecular formula is C20H14N2O2S. The Morgan fingerprint density at radius 3 is 2.08 bits per heavy atom. The predicted octanol–water partition coefficient (Wildman–Crippen LogP) is 5.76. The van der Waals surface area contributed by atoms with Gasteiger partial charge in [0.2, 0.25) is 0 Å². The van der Waals surface area contributed by atoms with Crippen LogP contribution in [0.2, 0.25) is 0 Å². The van der Waals surface area contributed by atoms with Crippen LogP contribution in [0.3, 0.4) is 0 Å². The molecule has 122 valence electrons. The zero-order chi connectivity index (χ0) is 17.4. The molecule has 0 N–H and O–H groups in total. The summed E-state index contributed by atoms with van der Waals surface area (Å²) in [5.41, 5.74) is 2.90. The molecule has 0 saturated carbocycles. The number of nitrogens with zero attached hydrogens (tertiary/aromatic N) is 2. The van der Waals surface area contributed by atoms with Crippen molar-refractivity contribution in [1.82, 2.24) is 4.98 Å². The minimum atomic E-state index is -0.362. The van der Waals surface area contributed by atoms with Crippen LogP contribution in [-0.4, -0.2) is 9.91 Å². The fourth-order valence-corrected chi connectivity index (χ4v) is 4.02. The van der Waals surface area contributed by atoms with Gasteiger partial charge < -0.3 is 0 Å². The van der Waals surface area contributed by atoms with Crippen LogP contribution in [0.25, 0.3) is 21.8 Å².